The van der Waals surface area contributed by atoms with Crippen molar-refractivity contribution in [2.24, 2.45) is 0 Å². The lowest BCUT2D eigenvalue weighted by Gasteiger charge is -2.23. The highest BCUT2D eigenvalue weighted by Gasteiger charge is 2.18. The fourth-order valence-electron chi connectivity index (χ4n) is 3.43. The molecule has 0 unspecified atom stereocenters. The van der Waals surface area contributed by atoms with Gasteiger partial charge in [-0.3, -0.25) is 4.79 Å². The molecule has 0 radical (unpaired) electrons. The van der Waals surface area contributed by atoms with Crippen LogP contribution in [0.15, 0.2) is 58.2 Å². The van der Waals surface area contributed by atoms with Crippen LogP contribution in [0.5, 0.6) is 0 Å². The number of amides is 1. The first-order valence-electron chi connectivity index (χ1n) is 9.17. The Kier molecular flexibility index (Phi) is 5.25. The number of carbonyl (C=O) groups excluding carboxylic acids is 1. The molecular formula is C21H22N2O2S. The molecule has 4 rings (SSSR count). The number of thioether (sulfide) groups is 1. The normalized spacial score (nSPS) is 15.2. The highest BCUT2D eigenvalue weighted by molar-refractivity contribution is 7.98. The van der Waals surface area contributed by atoms with Gasteiger partial charge in [-0.25, -0.2) is 4.98 Å². The Morgan fingerprint density at radius 1 is 1.08 bits per heavy atom. The molecule has 0 bridgehead atoms. The lowest BCUT2D eigenvalue weighted by atomic mass is 9.95. The van der Waals surface area contributed by atoms with Crippen molar-refractivity contribution in [1.82, 2.24) is 10.3 Å². The fraction of sp³-hybridized carbons (Fsp3) is 0.333. The molecule has 1 aromatic heterocycles. The molecule has 0 saturated heterocycles. The van der Waals surface area contributed by atoms with Crippen LogP contribution in [0.1, 0.15) is 48.0 Å². The number of para-hydroxylation sites is 2. The highest BCUT2D eigenvalue weighted by Crippen LogP contribution is 2.27. The smallest absolute Gasteiger partial charge is 0.257 e. The van der Waals surface area contributed by atoms with Crippen LogP contribution < -0.4 is 5.32 Å². The number of rotatable bonds is 5. The van der Waals surface area contributed by atoms with Crippen molar-refractivity contribution in [2.45, 2.75) is 49.1 Å². The topological polar surface area (TPSA) is 55.1 Å². The summed E-state index contributed by atoms with van der Waals surface area (Å²) in [4.78, 5) is 17.2. The van der Waals surface area contributed by atoms with E-state index in [1.165, 1.54) is 31.0 Å². The molecule has 1 amide bonds. The van der Waals surface area contributed by atoms with Gasteiger partial charge >= 0.3 is 0 Å². The summed E-state index contributed by atoms with van der Waals surface area (Å²) < 4.78 is 5.76. The first-order chi connectivity index (χ1) is 12.8. The molecule has 1 heterocycles. The number of nitrogens with zero attached hydrogens (tertiary/aromatic N) is 1. The molecule has 0 aliphatic heterocycles. The van der Waals surface area contributed by atoms with Gasteiger partial charge in [0.05, 0.1) is 0 Å². The van der Waals surface area contributed by atoms with Crippen molar-refractivity contribution < 1.29 is 9.21 Å². The van der Waals surface area contributed by atoms with Crippen molar-refractivity contribution in [1.29, 1.82) is 0 Å². The minimum absolute atomic E-state index is 0.0330. The zero-order chi connectivity index (χ0) is 17.8. The lowest BCUT2D eigenvalue weighted by Crippen LogP contribution is -2.36. The molecule has 0 spiro atoms. The van der Waals surface area contributed by atoms with E-state index >= 15 is 0 Å². The Bertz CT molecular complexity index is 867. The van der Waals surface area contributed by atoms with Gasteiger partial charge in [0.15, 0.2) is 5.58 Å². The van der Waals surface area contributed by atoms with Crippen LogP contribution in [0.2, 0.25) is 0 Å². The first kappa shape index (κ1) is 17.2. The van der Waals surface area contributed by atoms with Crippen LogP contribution in [0, 0.1) is 0 Å². The Balaban J connectivity index is 1.45. The molecule has 4 nitrogen and oxygen atoms in total. The molecule has 2 aromatic carbocycles. The molecule has 1 saturated carbocycles. The predicted molar refractivity (Wildman–Crippen MR) is 104 cm³/mol. The molecule has 26 heavy (non-hydrogen) atoms. The fourth-order valence-corrected chi connectivity index (χ4v) is 4.27. The van der Waals surface area contributed by atoms with E-state index in [9.17, 15) is 4.79 Å². The van der Waals surface area contributed by atoms with Gasteiger partial charge in [0.2, 0.25) is 0 Å². The molecule has 1 fully saturated rings. The van der Waals surface area contributed by atoms with Gasteiger partial charge in [-0.2, -0.15) is 0 Å². The summed E-state index contributed by atoms with van der Waals surface area (Å²) >= 11 is 1.52. The molecule has 5 heteroatoms. The third-order valence-corrected chi connectivity index (χ3v) is 5.70. The largest absolute Gasteiger partial charge is 0.431 e. The number of oxazole rings is 1. The van der Waals surface area contributed by atoms with Gasteiger partial charge in [0, 0.05) is 17.4 Å². The standard InChI is InChI=1S/C21H22N2O2S/c24-20(22-16-9-2-1-3-10-16)17-11-5-4-8-15(17)14-26-21-23-18-12-6-7-13-19(18)25-21/h4-8,11-13,16H,1-3,9-10,14H2,(H,22,24). The number of aromatic nitrogens is 1. The van der Waals surface area contributed by atoms with Crippen LogP contribution in [-0.2, 0) is 5.75 Å². The third kappa shape index (κ3) is 3.93. The van der Waals surface area contributed by atoms with E-state index < -0.39 is 0 Å². The maximum atomic E-state index is 12.7. The van der Waals surface area contributed by atoms with Gasteiger partial charge < -0.3 is 9.73 Å². The maximum absolute atomic E-state index is 12.7. The van der Waals surface area contributed by atoms with E-state index in [0.29, 0.717) is 17.0 Å². The predicted octanol–water partition coefficient (Wildman–Crippen LogP) is 5.18. The summed E-state index contributed by atoms with van der Waals surface area (Å²) in [5.41, 5.74) is 3.41. The molecule has 0 atom stereocenters. The number of hydrogen-bond acceptors (Lipinski definition) is 4. The van der Waals surface area contributed by atoms with Gasteiger partial charge in [0.1, 0.15) is 5.52 Å². The number of benzene rings is 2. The Labute approximate surface area is 157 Å². The molecule has 1 aliphatic carbocycles. The molecule has 1 N–H and O–H groups in total. The minimum atomic E-state index is 0.0330. The summed E-state index contributed by atoms with van der Waals surface area (Å²) in [6.07, 6.45) is 5.88. The van der Waals surface area contributed by atoms with Gasteiger partial charge in [-0.05, 0) is 36.6 Å². The average Bonchev–Trinajstić information content (AvgIpc) is 3.10. The Hall–Kier alpha value is -2.27. The van der Waals surface area contributed by atoms with Crippen molar-refractivity contribution >= 4 is 28.8 Å². The summed E-state index contributed by atoms with van der Waals surface area (Å²) in [6.45, 7) is 0. The number of fused-ring (bicyclic) bond motifs is 1. The SMILES string of the molecule is O=C(NC1CCCCC1)c1ccccc1CSc1nc2ccccc2o1. The van der Waals surface area contributed by atoms with Crippen LogP contribution in [0.25, 0.3) is 11.1 Å². The summed E-state index contributed by atoms with van der Waals surface area (Å²) in [7, 11) is 0. The summed E-state index contributed by atoms with van der Waals surface area (Å²) in [5, 5.41) is 3.84. The second kappa shape index (κ2) is 7.96. The van der Waals surface area contributed by atoms with Crippen LogP contribution in [0.3, 0.4) is 0 Å². The summed E-state index contributed by atoms with van der Waals surface area (Å²) in [6, 6.07) is 15.9. The minimum Gasteiger partial charge on any atom is -0.431 e. The number of nitrogens with one attached hydrogen (secondary N) is 1. The van der Waals surface area contributed by atoms with E-state index in [0.717, 1.165) is 35.1 Å². The zero-order valence-electron chi connectivity index (χ0n) is 14.6. The quantitative estimate of drug-likeness (QED) is 0.632. The Morgan fingerprint density at radius 2 is 1.85 bits per heavy atom. The molecular weight excluding hydrogens is 344 g/mol. The average molecular weight is 366 g/mol. The summed E-state index contributed by atoms with van der Waals surface area (Å²) in [5.74, 6) is 0.687. The molecule has 1 aliphatic rings. The Morgan fingerprint density at radius 3 is 2.69 bits per heavy atom. The van der Waals surface area contributed by atoms with Crippen molar-refractivity contribution in [3.8, 4) is 0 Å². The lowest BCUT2D eigenvalue weighted by molar-refractivity contribution is 0.0927. The van der Waals surface area contributed by atoms with Crippen molar-refractivity contribution in [2.75, 3.05) is 0 Å². The maximum Gasteiger partial charge on any atom is 0.257 e. The number of carbonyl (C=O) groups is 1. The van der Waals surface area contributed by atoms with Gasteiger partial charge in [-0.15, -0.1) is 0 Å². The van der Waals surface area contributed by atoms with Crippen LogP contribution in [-0.4, -0.2) is 16.9 Å². The highest BCUT2D eigenvalue weighted by atomic mass is 32.2. The van der Waals surface area contributed by atoms with E-state index in [1.807, 2.05) is 48.5 Å². The monoisotopic (exact) mass is 366 g/mol. The van der Waals surface area contributed by atoms with Gasteiger partial charge in [0.25, 0.3) is 11.1 Å². The second-order valence-corrected chi connectivity index (χ2v) is 7.63. The van der Waals surface area contributed by atoms with E-state index in [-0.39, 0.29) is 5.91 Å². The first-order valence-corrected chi connectivity index (χ1v) is 10.2. The number of hydrogen-bond donors (Lipinski definition) is 1. The van der Waals surface area contributed by atoms with Crippen LogP contribution >= 0.6 is 11.8 Å². The molecule has 3 aromatic rings. The zero-order valence-corrected chi connectivity index (χ0v) is 15.4. The van der Waals surface area contributed by atoms with Crippen molar-refractivity contribution in [3.05, 3.63) is 59.7 Å². The van der Waals surface area contributed by atoms with E-state index in [2.05, 4.69) is 10.3 Å². The second-order valence-electron chi connectivity index (χ2n) is 6.70. The van der Waals surface area contributed by atoms with E-state index in [4.69, 9.17) is 4.42 Å². The van der Waals surface area contributed by atoms with Crippen molar-refractivity contribution in [3.63, 3.8) is 0 Å². The van der Waals surface area contributed by atoms with Crippen LogP contribution in [0.4, 0.5) is 0 Å². The van der Waals surface area contributed by atoms with E-state index in [1.54, 1.807) is 0 Å². The third-order valence-electron chi connectivity index (χ3n) is 4.83. The van der Waals surface area contributed by atoms with Gasteiger partial charge in [-0.1, -0.05) is 61.4 Å². The molecule has 134 valence electrons.